The Morgan fingerprint density at radius 3 is 2.89 bits per heavy atom. The van der Waals surface area contributed by atoms with Crippen LogP contribution < -0.4 is 0 Å². The van der Waals surface area contributed by atoms with E-state index in [1.54, 1.807) is 12.3 Å². The third-order valence-electron chi connectivity index (χ3n) is 3.72. The Kier molecular flexibility index (Phi) is 4.24. The van der Waals surface area contributed by atoms with Crippen LogP contribution in [0.4, 0.5) is 0 Å². The monoisotopic (exact) mass is 264 g/mol. The number of likely N-dealkylation sites (tertiary alicyclic amines) is 1. The standard InChI is InChI=1S/C14H20N2O3/c1-11-4-2-7-15(9-6-11)13(17)10-16-8-3-5-12(16)14(18)19/h3,5,8,11H,2,4,6-7,9-10H2,1H3,(H,18,19). The van der Waals surface area contributed by atoms with E-state index in [1.807, 2.05) is 4.90 Å². The molecule has 19 heavy (non-hydrogen) atoms. The van der Waals surface area contributed by atoms with Crippen molar-refractivity contribution >= 4 is 11.9 Å². The third kappa shape index (κ3) is 3.36. The van der Waals surface area contributed by atoms with Gasteiger partial charge in [-0.3, -0.25) is 4.79 Å². The Hall–Kier alpha value is -1.78. The number of nitrogens with zero attached hydrogens (tertiary/aromatic N) is 2. The first-order chi connectivity index (χ1) is 9.08. The van der Waals surface area contributed by atoms with Crippen LogP contribution in [-0.4, -0.2) is 39.5 Å². The Bertz CT molecular complexity index is 467. The number of carbonyl (C=O) groups is 2. The van der Waals surface area contributed by atoms with Gasteiger partial charge in [-0.05, 0) is 37.3 Å². The lowest BCUT2D eigenvalue weighted by Gasteiger charge is -2.21. The minimum atomic E-state index is -0.998. The molecule has 1 unspecified atom stereocenters. The van der Waals surface area contributed by atoms with Crippen LogP contribution in [0.5, 0.6) is 0 Å². The van der Waals surface area contributed by atoms with Gasteiger partial charge in [-0.2, -0.15) is 0 Å². The number of carbonyl (C=O) groups excluding carboxylic acids is 1. The lowest BCUT2D eigenvalue weighted by Crippen LogP contribution is -2.35. The molecule has 104 valence electrons. The Morgan fingerprint density at radius 2 is 2.16 bits per heavy atom. The number of rotatable bonds is 3. The third-order valence-corrected chi connectivity index (χ3v) is 3.72. The molecule has 0 aromatic carbocycles. The first kappa shape index (κ1) is 13.6. The smallest absolute Gasteiger partial charge is 0.352 e. The highest BCUT2D eigenvalue weighted by Gasteiger charge is 2.20. The average molecular weight is 264 g/mol. The van der Waals surface area contributed by atoms with Crippen molar-refractivity contribution < 1.29 is 14.7 Å². The molecule has 0 spiro atoms. The SMILES string of the molecule is CC1CCCN(C(=O)Cn2cccc2C(=O)O)CC1. The molecular formula is C14H20N2O3. The van der Waals surface area contributed by atoms with Gasteiger partial charge in [0.05, 0.1) is 0 Å². The average Bonchev–Trinajstić information content (AvgIpc) is 2.70. The Labute approximate surface area is 112 Å². The molecule has 2 rings (SSSR count). The van der Waals surface area contributed by atoms with Crippen LogP contribution in [0.1, 0.15) is 36.7 Å². The molecule has 1 aromatic rings. The molecule has 5 heteroatoms. The Morgan fingerprint density at radius 1 is 1.37 bits per heavy atom. The normalized spacial score (nSPS) is 20.1. The van der Waals surface area contributed by atoms with Crippen LogP contribution >= 0.6 is 0 Å². The molecule has 1 aromatic heterocycles. The van der Waals surface area contributed by atoms with Crippen LogP contribution in [0, 0.1) is 5.92 Å². The molecule has 0 saturated carbocycles. The number of hydrogen-bond donors (Lipinski definition) is 1. The lowest BCUT2D eigenvalue weighted by atomic mass is 10.0. The Balaban J connectivity index is 2.00. The zero-order valence-electron chi connectivity index (χ0n) is 11.2. The summed E-state index contributed by atoms with van der Waals surface area (Å²) in [4.78, 5) is 25.1. The van der Waals surface area contributed by atoms with E-state index in [9.17, 15) is 9.59 Å². The quantitative estimate of drug-likeness (QED) is 0.906. The van der Waals surface area contributed by atoms with Crippen LogP contribution in [0.2, 0.25) is 0 Å². The maximum Gasteiger partial charge on any atom is 0.352 e. The molecule has 1 aliphatic rings. The maximum atomic E-state index is 12.2. The van der Waals surface area contributed by atoms with Gasteiger partial charge in [-0.15, -0.1) is 0 Å². The van der Waals surface area contributed by atoms with Crippen LogP contribution in [-0.2, 0) is 11.3 Å². The first-order valence-electron chi connectivity index (χ1n) is 6.74. The molecule has 1 amide bonds. The van der Waals surface area contributed by atoms with E-state index in [1.165, 1.54) is 10.6 Å². The summed E-state index contributed by atoms with van der Waals surface area (Å²) in [6, 6.07) is 3.17. The molecule has 1 aliphatic heterocycles. The van der Waals surface area contributed by atoms with Crippen molar-refractivity contribution in [3.05, 3.63) is 24.0 Å². The molecule has 5 nitrogen and oxygen atoms in total. The second-order valence-electron chi connectivity index (χ2n) is 5.24. The number of aromatic carboxylic acids is 1. The summed E-state index contributed by atoms with van der Waals surface area (Å²) in [7, 11) is 0. The largest absolute Gasteiger partial charge is 0.477 e. The topological polar surface area (TPSA) is 62.5 Å². The minimum absolute atomic E-state index is 0.00722. The summed E-state index contributed by atoms with van der Waals surface area (Å²) in [5, 5.41) is 9.01. The molecule has 2 heterocycles. The number of aromatic nitrogens is 1. The van der Waals surface area contributed by atoms with Crippen molar-refractivity contribution in [3.8, 4) is 0 Å². The number of carboxylic acid groups (broad SMARTS) is 1. The minimum Gasteiger partial charge on any atom is -0.477 e. The fraction of sp³-hybridized carbons (Fsp3) is 0.571. The van der Waals surface area contributed by atoms with Crippen molar-refractivity contribution in [3.63, 3.8) is 0 Å². The molecular weight excluding hydrogens is 244 g/mol. The fourth-order valence-electron chi connectivity index (χ4n) is 2.50. The second-order valence-corrected chi connectivity index (χ2v) is 5.24. The van der Waals surface area contributed by atoms with E-state index in [0.29, 0.717) is 5.92 Å². The van der Waals surface area contributed by atoms with Gasteiger partial charge >= 0.3 is 5.97 Å². The molecule has 0 aliphatic carbocycles. The van der Waals surface area contributed by atoms with Crippen molar-refractivity contribution in [2.24, 2.45) is 5.92 Å². The summed E-state index contributed by atoms with van der Waals surface area (Å²) in [5.41, 5.74) is 0.163. The maximum absolute atomic E-state index is 12.2. The summed E-state index contributed by atoms with van der Waals surface area (Å²) in [6.07, 6.45) is 4.86. The highest BCUT2D eigenvalue weighted by molar-refractivity contribution is 5.86. The van der Waals surface area contributed by atoms with Gasteiger partial charge in [-0.25, -0.2) is 4.79 Å². The van der Waals surface area contributed by atoms with E-state index in [2.05, 4.69) is 6.92 Å². The number of hydrogen-bond acceptors (Lipinski definition) is 2. The highest BCUT2D eigenvalue weighted by atomic mass is 16.4. The van der Waals surface area contributed by atoms with Gasteiger partial charge in [0.15, 0.2) is 0 Å². The fourth-order valence-corrected chi connectivity index (χ4v) is 2.50. The summed E-state index contributed by atoms with van der Waals surface area (Å²) >= 11 is 0. The highest BCUT2D eigenvalue weighted by Crippen LogP contribution is 2.17. The van der Waals surface area contributed by atoms with Crippen molar-refractivity contribution in [1.29, 1.82) is 0 Å². The zero-order chi connectivity index (χ0) is 13.8. The molecule has 1 fully saturated rings. The number of amides is 1. The van der Waals surface area contributed by atoms with E-state index >= 15 is 0 Å². The van der Waals surface area contributed by atoms with Crippen LogP contribution in [0.15, 0.2) is 18.3 Å². The van der Waals surface area contributed by atoms with Gasteiger partial charge in [0, 0.05) is 19.3 Å². The van der Waals surface area contributed by atoms with Crippen LogP contribution in [0.25, 0.3) is 0 Å². The summed E-state index contributed by atoms with van der Waals surface area (Å²) < 4.78 is 1.50. The molecule has 1 atom stereocenters. The lowest BCUT2D eigenvalue weighted by molar-refractivity contribution is -0.131. The number of carboxylic acids is 1. The van der Waals surface area contributed by atoms with E-state index in [0.717, 1.165) is 32.4 Å². The zero-order valence-corrected chi connectivity index (χ0v) is 11.2. The summed E-state index contributed by atoms with van der Waals surface area (Å²) in [5.74, 6) is -0.325. The molecule has 1 N–H and O–H groups in total. The summed E-state index contributed by atoms with van der Waals surface area (Å²) in [6.45, 7) is 3.89. The predicted molar refractivity (Wildman–Crippen MR) is 71.0 cm³/mol. The van der Waals surface area contributed by atoms with E-state index in [4.69, 9.17) is 5.11 Å². The van der Waals surface area contributed by atoms with Gasteiger partial charge in [-0.1, -0.05) is 6.92 Å². The first-order valence-corrected chi connectivity index (χ1v) is 6.74. The molecule has 0 bridgehead atoms. The van der Waals surface area contributed by atoms with Crippen LogP contribution in [0.3, 0.4) is 0 Å². The van der Waals surface area contributed by atoms with Gasteiger partial charge in [0.1, 0.15) is 12.2 Å². The van der Waals surface area contributed by atoms with Crippen molar-refractivity contribution in [2.45, 2.75) is 32.7 Å². The van der Waals surface area contributed by atoms with Gasteiger partial charge in [0.25, 0.3) is 0 Å². The van der Waals surface area contributed by atoms with Crippen molar-refractivity contribution in [2.75, 3.05) is 13.1 Å². The van der Waals surface area contributed by atoms with E-state index in [-0.39, 0.29) is 18.1 Å². The molecule has 0 radical (unpaired) electrons. The predicted octanol–water partition coefficient (Wildman–Crippen LogP) is 1.83. The van der Waals surface area contributed by atoms with E-state index < -0.39 is 5.97 Å². The van der Waals surface area contributed by atoms with Gasteiger partial charge in [0.2, 0.25) is 5.91 Å². The van der Waals surface area contributed by atoms with Crippen molar-refractivity contribution in [1.82, 2.24) is 9.47 Å². The second kappa shape index (κ2) is 5.91. The molecule has 1 saturated heterocycles. The van der Waals surface area contributed by atoms with Gasteiger partial charge < -0.3 is 14.6 Å².